The topological polar surface area (TPSA) is 42.4 Å². The van der Waals surface area contributed by atoms with E-state index in [9.17, 15) is 4.79 Å². The predicted molar refractivity (Wildman–Crippen MR) is 106 cm³/mol. The molecule has 0 radical (unpaired) electrons. The van der Waals surface area contributed by atoms with Crippen LogP contribution in [0, 0.1) is 13.8 Å². The zero-order chi connectivity index (χ0) is 18.7. The number of rotatable bonds is 5. The summed E-state index contributed by atoms with van der Waals surface area (Å²) in [4.78, 5) is 19.4. The zero-order valence-corrected chi connectivity index (χ0v) is 15.7. The van der Waals surface area contributed by atoms with Crippen molar-refractivity contribution in [2.75, 3.05) is 18.0 Å². The average Bonchev–Trinajstić information content (AvgIpc) is 2.65. The Labute approximate surface area is 154 Å². The van der Waals surface area contributed by atoms with Gasteiger partial charge in [0, 0.05) is 29.9 Å². The molecule has 0 aliphatic heterocycles. The van der Waals surface area contributed by atoms with Crippen molar-refractivity contribution in [2.45, 2.75) is 27.7 Å². The van der Waals surface area contributed by atoms with Crippen LogP contribution in [0.25, 0.3) is 10.9 Å². The molecule has 1 aromatic heterocycles. The molecule has 0 amide bonds. The van der Waals surface area contributed by atoms with Crippen molar-refractivity contribution in [1.82, 2.24) is 4.98 Å². The van der Waals surface area contributed by atoms with E-state index in [4.69, 9.17) is 4.74 Å². The lowest BCUT2D eigenvalue weighted by molar-refractivity contribution is 0.0736. The Morgan fingerprint density at radius 2 is 1.65 bits per heavy atom. The number of aromatic nitrogens is 1. The van der Waals surface area contributed by atoms with Crippen molar-refractivity contribution in [1.29, 1.82) is 0 Å². The lowest BCUT2D eigenvalue weighted by Crippen LogP contribution is -2.21. The van der Waals surface area contributed by atoms with Gasteiger partial charge in [0.25, 0.3) is 0 Å². The first kappa shape index (κ1) is 17.9. The second-order valence-electron chi connectivity index (χ2n) is 6.34. The Balaban J connectivity index is 1.87. The second kappa shape index (κ2) is 7.56. The summed E-state index contributed by atoms with van der Waals surface area (Å²) in [7, 11) is 0. The molecule has 0 atom stereocenters. The highest BCUT2D eigenvalue weighted by Gasteiger charge is 2.13. The summed E-state index contributed by atoms with van der Waals surface area (Å²) in [5.74, 6) is 0.122. The fourth-order valence-corrected chi connectivity index (χ4v) is 3.07. The van der Waals surface area contributed by atoms with Crippen molar-refractivity contribution in [3.05, 3.63) is 65.4 Å². The molecule has 0 fully saturated rings. The van der Waals surface area contributed by atoms with Crippen LogP contribution in [0.5, 0.6) is 5.75 Å². The SMILES string of the molecule is CCN(CC)c1ccc(C(=O)Oc2ccc(C)c3ccc(C)nc23)cc1. The molecule has 0 aliphatic carbocycles. The molecular formula is C22H24N2O2. The van der Waals surface area contributed by atoms with E-state index in [1.54, 1.807) is 0 Å². The lowest BCUT2D eigenvalue weighted by atomic mass is 10.1. The van der Waals surface area contributed by atoms with E-state index in [0.717, 1.165) is 40.9 Å². The fraction of sp³-hybridized carbons (Fsp3) is 0.273. The minimum atomic E-state index is -0.371. The van der Waals surface area contributed by atoms with Gasteiger partial charge in [-0.3, -0.25) is 0 Å². The highest BCUT2D eigenvalue weighted by molar-refractivity contribution is 5.95. The third-order valence-electron chi connectivity index (χ3n) is 4.61. The van der Waals surface area contributed by atoms with Gasteiger partial charge in [-0.05, 0) is 69.7 Å². The van der Waals surface area contributed by atoms with Gasteiger partial charge in [-0.2, -0.15) is 0 Å². The summed E-state index contributed by atoms with van der Waals surface area (Å²) in [5.41, 5.74) is 4.35. The molecule has 0 spiro atoms. The van der Waals surface area contributed by atoms with E-state index in [0.29, 0.717) is 11.3 Å². The van der Waals surface area contributed by atoms with Gasteiger partial charge in [-0.25, -0.2) is 9.78 Å². The first-order valence-electron chi connectivity index (χ1n) is 8.97. The van der Waals surface area contributed by atoms with Crippen molar-refractivity contribution in [2.24, 2.45) is 0 Å². The number of ether oxygens (including phenoxy) is 1. The van der Waals surface area contributed by atoms with E-state index in [2.05, 4.69) is 23.7 Å². The minimum Gasteiger partial charge on any atom is -0.421 e. The molecule has 0 N–H and O–H groups in total. The van der Waals surface area contributed by atoms with E-state index >= 15 is 0 Å². The van der Waals surface area contributed by atoms with Crippen LogP contribution in [0.2, 0.25) is 0 Å². The van der Waals surface area contributed by atoms with Crippen LogP contribution >= 0.6 is 0 Å². The van der Waals surface area contributed by atoms with Gasteiger partial charge in [-0.1, -0.05) is 12.1 Å². The molecule has 1 heterocycles. The van der Waals surface area contributed by atoms with E-state index in [1.807, 2.05) is 62.4 Å². The number of benzene rings is 2. The van der Waals surface area contributed by atoms with Crippen LogP contribution in [0.4, 0.5) is 5.69 Å². The maximum atomic E-state index is 12.6. The molecule has 0 unspecified atom stereocenters. The van der Waals surface area contributed by atoms with Gasteiger partial charge in [0.2, 0.25) is 0 Å². The standard InChI is InChI=1S/C22H24N2O2/c1-5-24(6-2)18-11-9-17(10-12-18)22(25)26-20-14-7-15(3)19-13-8-16(4)23-21(19)20/h7-14H,5-6H2,1-4H3. The van der Waals surface area contributed by atoms with Gasteiger partial charge in [-0.15, -0.1) is 0 Å². The molecular weight excluding hydrogens is 324 g/mol. The molecule has 0 bridgehead atoms. The number of anilines is 1. The normalized spacial score (nSPS) is 10.8. The Hall–Kier alpha value is -2.88. The molecule has 3 aromatic rings. The van der Waals surface area contributed by atoms with E-state index in [1.165, 1.54) is 0 Å². The van der Waals surface area contributed by atoms with Gasteiger partial charge >= 0.3 is 5.97 Å². The summed E-state index contributed by atoms with van der Waals surface area (Å²) >= 11 is 0. The number of nitrogens with zero attached hydrogens (tertiary/aromatic N) is 2. The summed E-state index contributed by atoms with van der Waals surface area (Å²) in [6.45, 7) is 10.0. The summed E-state index contributed by atoms with van der Waals surface area (Å²) in [6, 6.07) is 15.3. The second-order valence-corrected chi connectivity index (χ2v) is 6.34. The fourth-order valence-electron chi connectivity index (χ4n) is 3.07. The van der Waals surface area contributed by atoms with Crippen LogP contribution in [-0.4, -0.2) is 24.0 Å². The highest BCUT2D eigenvalue weighted by atomic mass is 16.5. The van der Waals surface area contributed by atoms with Crippen LogP contribution in [0.1, 0.15) is 35.5 Å². The Kier molecular flexibility index (Phi) is 5.21. The number of fused-ring (bicyclic) bond motifs is 1. The smallest absolute Gasteiger partial charge is 0.343 e. The quantitative estimate of drug-likeness (QED) is 0.485. The maximum Gasteiger partial charge on any atom is 0.343 e. The number of hydrogen-bond acceptors (Lipinski definition) is 4. The predicted octanol–water partition coefficient (Wildman–Crippen LogP) is 4.92. The molecule has 2 aromatic carbocycles. The lowest BCUT2D eigenvalue weighted by Gasteiger charge is -2.21. The molecule has 0 saturated heterocycles. The average molecular weight is 348 g/mol. The number of carbonyl (C=O) groups excluding carboxylic acids is 1. The zero-order valence-electron chi connectivity index (χ0n) is 15.7. The Bertz CT molecular complexity index is 929. The number of aryl methyl sites for hydroxylation is 2. The molecule has 26 heavy (non-hydrogen) atoms. The first-order valence-corrected chi connectivity index (χ1v) is 8.97. The summed E-state index contributed by atoms with van der Waals surface area (Å²) in [6.07, 6.45) is 0. The monoisotopic (exact) mass is 348 g/mol. The first-order chi connectivity index (χ1) is 12.5. The van der Waals surface area contributed by atoms with E-state index in [-0.39, 0.29) is 5.97 Å². The summed E-state index contributed by atoms with van der Waals surface area (Å²) in [5, 5.41) is 0.998. The van der Waals surface area contributed by atoms with Gasteiger partial charge in [0.05, 0.1) is 5.56 Å². The number of carbonyl (C=O) groups is 1. The highest BCUT2D eigenvalue weighted by Crippen LogP contribution is 2.28. The third kappa shape index (κ3) is 3.54. The molecule has 134 valence electrons. The summed E-state index contributed by atoms with van der Waals surface area (Å²) < 4.78 is 5.66. The molecule has 0 saturated carbocycles. The van der Waals surface area contributed by atoms with Gasteiger partial charge < -0.3 is 9.64 Å². The van der Waals surface area contributed by atoms with Crippen molar-refractivity contribution in [3.8, 4) is 5.75 Å². The van der Waals surface area contributed by atoms with Gasteiger partial charge in [0.1, 0.15) is 5.52 Å². The number of hydrogen-bond donors (Lipinski definition) is 0. The third-order valence-corrected chi connectivity index (χ3v) is 4.61. The molecule has 4 heteroatoms. The van der Waals surface area contributed by atoms with Crippen molar-refractivity contribution >= 4 is 22.6 Å². The van der Waals surface area contributed by atoms with Gasteiger partial charge in [0.15, 0.2) is 5.75 Å². The van der Waals surface area contributed by atoms with Crippen LogP contribution in [0.15, 0.2) is 48.5 Å². The van der Waals surface area contributed by atoms with Crippen molar-refractivity contribution in [3.63, 3.8) is 0 Å². The van der Waals surface area contributed by atoms with Crippen LogP contribution in [-0.2, 0) is 0 Å². The number of pyridine rings is 1. The molecule has 3 rings (SSSR count). The molecule has 0 aliphatic rings. The minimum absolute atomic E-state index is 0.371. The van der Waals surface area contributed by atoms with Crippen molar-refractivity contribution < 1.29 is 9.53 Å². The van der Waals surface area contributed by atoms with E-state index < -0.39 is 0 Å². The molecule has 4 nitrogen and oxygen atoms in total. The number of esters is 1. The largest absolute Gasteiger partial charge is 0.421 e. The Morgan fingerprint density at radius 1 is 0.962 bits per heavy atom. The maximum absolute atomic E-state index is 12.6. The Morgan fingerprint density at radius 3 is 2.31 bits per heavy atom. The van der Waals surface area contributed by atoms with Crippen LogP contribution in [0.3, 0.4) is 0 Å². The van der Waals surface area contributed by atoms with Crippen LogP contribution < -0.4 is 9.64 Å².